The van der Waals surface area contributed by atoms with Crippen LogP contribution in [0.3, 0.4) is 0 Å². The summed E-state index contributed by atoms with van der Waals surface area (Å²) in [5.74, 6) is 0.457. The van der Waals surface area contributed by atoms with Crippen LogP contribution in [0.1, 0.15) is 24.6 Å². The molecule has 12 heavy (non-hydrogen) atoms. The van der Waals surface area contributed by atoms with Crippen molar-refractivity contribution in [2.75, 3.05) is 0 Å². The van der Waals surface area contributed by atoms with Crippen molar-refractivity contribution >= 4 is 15.9 Å². The van der Waals surface area contributed by atoms with E-state index in [2.05, 4.69) is 20.9 Å². The molecule has 0 aromatic carbocycles. The van der Waals surface area contributed by atoms with Gasteiger partial charge in [-0.05, 0) is 46.8 Å². The van der Waals surface area contributed by atoms with Crippen LogP contribution < -0.4 is 0 Å². The highest BCUT2D eigenvalue weighted by atomic mass is 79.9. The molecule has 3 heteroatoms. The zero-order chi connectivity index (χ0) is 8.55. The Labute approximate surface area is 79.8 Å². The third-order valence-corrected chi connectivity index (χ3v) is 2.59. The summed E-state index contributed by atoms with van der Waals surface area (Å²) >= 11 is 3.30. The van der Waals surface area contributed by atoms with Crippen LogP contribution in [-0.4, -0.2) is 10.1 Å². The highest BCUT2D eigenvalue weighted by Gasteiger charge is 2.31. The Kier molecular flexibility index (Phi) is 2.15. The summed E-state index contributed by atoms with van der Waals surface area (Å²) in [4.78, 5) is 4.14. The van der Waals surface area contributed by atoms with Gasteiger partial charge in [0.1, 0.15) is 0 Å². The molecule has 1 unspecified atom stereocenters. The first-order chi connectivity index (χ1) is 5.77. The Morgan fingerprint density at radius 1 is 1.50 bits per heavy atom. The van der Waals surface area contributed by atoms with Crippen molar-refractivity contribution in [2.24, 2.45) is 5.92 Å². The maximum absolute atomic E-state index is 9.67. The van der Waals surface area contributed by atoms with Crippen molar-refractivity contribution in [3.05, 3.63) is 28.5 Å². The fraction of sp³-hybridized carbons (Fsp3) is 0.444. The molecule has 1 aliphatic rings. The molecule has 1 aromatic rings. The molecule has 0 radical (unpaired) electrons. The van der Waals surface area contributed by atoms with Gasteiger partial charge in [0.25, 0.3) is 0 Å². The number of nitrogens with zero attached hydrogens (tertiary/aromatic N) is 1. The smallest absolute Gasteiger partial charge is 0.0987 e. The predicted molar refractivity (Wildman–Crippen MR) is 49.6 cm³/mol. The summed E-state index contributed by atoms with van der Waals surface area (Å²) in [6.45, 7) is 0. The van der Waals surface area contributed by atoms with Crippen LogP contribution in [0.2, 0.25) is 0 Å². The van der Waals surface area contributed by atoms with Crippen molar-refractivity contribution in [1.29, 1.82) is 0 Å². The maximum atomic E-state index is 9.67. The quantitative estimate of drug-likeness (QED) is 0.842. The lowest BCUT2D eigenvalue weighted by molar-refractivity contribution is 0.149. The first-order valence-electron chi connectivity index (χ1n) is 4.07. The zero-order valence-corrected chi connectivity index (χ0v) is 8.16. The first kappa shape index (κ1) is 8.20. The molecule has 1 atom stereocenters. The Hall–Kier alpha value is -0.410. The summed E-state index contributed by atoms with van der Waals surface area (Å²) in [5.41, 5.74) is 0.792. The molecule has 0 spiro atoms. The van der Waals surface area contributed by atoms with E-state index >= 15 is 0 Å². The summed E-state index contributed by atoms with van der Waals surface area (Å²) < 4.78 is 0.953. The molecule has 0 amide bonds. The highest BCUT2D eigenvalue weighted by Crippen LogP contribution is 2.40. The van der Waals surface area contributed by atoms with Gasteiger partial charge in [-0.1, -0.05) is 0 Å². The molecule has 1 saturated carbocycles. The van der Waals surface area contributed by atoms with Crippen LogP contribution in [0.5, 0.6) is 0 Å². The lowest BCUT2D eigenvalue weighted by Gasteiger charge is -2.07. The molecule has 1 N–H and O–H groups in total. The number of halogens is 1. The Morgan fingerprint density at radius 2 is 2.25 bits per heavy atom. The summed E-state index contributed by atoms with van der Waals surface area (Å²) in [5, 5.41) is 9.67. The van der Waals surface area contributed by atoms with E-state index < -0.39 is 0 Å². The van der Waals surface area contributed by atoms with Gasteiger partial charge >= 0.3 is 0 Å². The second-order valence-electron chi connectivity index (χ2n) is 3.18. The molecule has 2 rings (SSSR count). The highest BCUT2D eigenvalue weighted by molar-refractivity contribution is 9.10. The molecule has 64 valence electrons. The minimum atomic E-state index is -0.349. The van der Waals surface area contributed by atoms with Gasteiger partial charge in [-0.3, -0.25) is 4.98 Å². The number of rotatable bonds is 2. The van der Waals surface area contributed by atoms with E-state index in [1.165, 1.54) is 0 Å². The summed E-state index contributed by atoms with van der Waals surface area (Å²) in [6.07, 6.45) is 3.65. The number of aromatic nitrogens is 1. The normalized spacial score (nSPS) is 19.2. The fourth-order valence-electron chi connectivity index (χ4n) is 1.22. The van der Waals surface area contributed by atoms with Crippen molar-refractivity contribution in [3.8, 4) is 0 Å². The lowest BCUT2D eigenvalue weighted by atomic mass is 10.1. The standard InChI is InChI=1S/C9H10BrNO/c10-7-3-4-8(11-5-7)9(12)6-1-2-6/h3-6,9,12H,1-2H2. The van der Waals surface area contributed by atoms with E-state index in [4.69, 9.17) is 0 Å². The zero-order valence-electron chi connectivity index (χ0n) is 6.57. The average Bonchev–Trinajstić information content (AvgIpc) is 2.87. The van der Waals surface area contributed by atoms with Gasteiger partial charge in [-0.2, -0.15) is 0 Å². The van der Waals surface area contributed by atoms with Crippen LogP contribution >= 0.6 is 15.9 Å². The minimum absolute atomic E-state index is 0.349. The minimum Gasteiger partial charge on any atom is -0.387 e. The molecule has 2 nitrogen and oxygen atoms in total. The van der Waals surface area contributed by atoms with Crippen LogP contribution in [0.25, 0.3) is 0 Å². The second kappa shape index (κ2) is 3.15. The van der Waals surface area contributed by atoms with Gasteiger partial charge in [0.2, 0.25) is 0 Å². The summed E-state index contributed by atoms with van der Waals surface area (Å²) in [6, 6.07) is 3.78. The molecule has 1 aromatic heterocycles. The molecule has 1 fully saturated rings. The number of pyridine rings is 1. The van der Waals surface area contributed by atoms with Gasteiger partial charge < -0.3 is 5.11 Å². The number of hydrogen-bond donors (Lipinski definition) is 1. The van der Waals surface area contributed by atoms with Crippen LogP contribution in [0.4, 0.5) is 0 Å². The van der Waals surface area contributed by atoms with Crippen molar-refractivity contribution in [1.82, 2.24) is 4.98 Å². The van der Waals surface area contributed by atoms with Gasteiger partial charge in [0.05, 0.1) is 11.8 Å². The Bertz CT molecular complexity index is 268. The SMILES string of the molecule is OC(c1ccc(Br)cn1)C1CC1. The van der Waals surface area contributed by atoms with E-state index in [1.807, 2.05) is 12.1 Å². The third-order valence-electron chi connectivity index (χ3n) is 2.12. The second-order valence-corrected chi connectivity index (χ2v) is 4.10. The molecular weight excluding hydrogens is 218 g/mol. The van der Waals surface area contributed by atoms with E-state index in [9.17, 15) is 5.11 Å². The van der Waals surface area contributed by atoms with Crippen LogP contribution in [0.15, 0.2) is 22.8 Å². The molecular formula is C9H10BrNO. The topological polar surface area (TPSA) is 33.1 Å². The Balaban J connectivity index is 2.16. The van der Waals surface area contributed by atoms with Gasteiger partial charge in [0, 0.05) is 10.7 Å². The molecule has 1 heterocycles. The lowest BCUT2D eigenvalue weighted by Crippen LogP contribution is -2.01. The van der Waals surface area contributed by atoms with E-state index in [0.29, 0.717) is 5.92 Å². The number of aliphatic hydroxyl groups excluding tert-OH is 1. The largest absolute Gasteiger partial charge is 0.387 e. The third kappa shape index (κ3) is 1.67. The predicted octanol–water partition coefficient (Wildman–Crippen LogP) is 2.29. The van der Waals surface area contributed by atoms with Crippen molar-refractivity contribution in [2.45, 2.75) is 18.9 Å². The van der Waals surface area contributed by atoms with Gasteiger partial charge in [-0.25, -0.2) is 0 Å². The van der Waals surface area contributed by atoms with E-state index in [-0.39, 0.29) is 6.10 Å². The molecule has 0 saturated heterocycles. The number of hydrogen-bond acceptors (Lipinski definition) is 2. The molecule has 0 bridgehead atoms. The molecule has 0 aliphatic heterocycles. The maximum Gasteiger partial charge on any atom is 0.0987 e. The summed E-state index contributed by atoms with van der Waals surface area (Å²) in [7, 11) is 0. The fourth-order valence-corrected chi connectivity index (χ4v) is 1.45. The van der Waals surface area contributed by atoms with Crippen LogP contribution in [-0.2, 0) is 0 Å². The average molecular weight is 228 g/mol. The van der Waals surface area contributed by atoms with Gasteiger partial charge in [0.15, 0.2) is 0 Å². The van der Waals surface area contributed by atoms with Crippen molar-refractivity contribution in [3.63, 3.8) is 0 Å². The monoisotopic (exact) mass is 227 g/mol. The Morgan fingerprint density at radius 3 is 2.75 bits per heavy atom. The van der Waals surface area contributed by atoms with E-state index in [0.717, 1.165) is 23.0 Å². The number of aliphatic hydroxyl groups is 1. The van der Waals surface area contributed by atoms with Crippen LogP contribution in [0, 0.1) is 5.92 Å². The molecule has 1 aliphatic carbocycles. The first-order valence-corrected chi connectivity index (χ1v) is 4.86. The van der Waals surface area contributed by atoms with Crippen molar-refractivity contribution < 1.29 is 5.11 Å². The van der Waals surface area contributed by atoms with Gasteiger partial charge in [-0.15, -0.1) is 0 Å². The van der Waals surface area contributed by atoms with E-state index in [1.54, 1.807) is 6.20 Å².